The molecule has 0 saturated carbocycles. The molecule has 30 heavy (non-hydrogen) atoms. The fourth-order valence-corrected chi connectivity index (χ4v) is 4.22. The second-order valence-corrected chi connectivity index (χ2v) is 8.76. The normalized spacial score (nSPS) is 11.5. The van der Waals surface area contributed by atoms with Crippen LogP contribution in [0.15, 0.2) is 77.7 Å². The second kappa shape index (κ2) is 9.34. The van der Waals surface area contributed by atoms with Gasteiger partial charge in [0, 0.05) is 17.6 Å². The lowest BCUT2D eigenvalue weighted by Crippen LogP contribution is -2.37. The van der Waals surface area contributed by atoms with Gasteiger partial charge >= 0.3 is 0 Å². The minimum atomic E-state index is -4.08. The molecule has 0 radical (unpaired) electrons. The Balaban J connectivity index is 1.88. The van der Waals surface area contributed by atoms with Crippen LogP contribution in [0, 0.1) is 11.6 Å². The standard InChI is InChI=1S/C21H17ClF2N2O3S/c22-16-6-9-18(10-7-16)30(28,29)26(13-15-4-2-1-3-5-15)14-21(27)25-20-12-17(23)8-11-19(20)24/h1-12H,13-14H2,(H,25,27). The Kier molecular flexibility index (Phi) is 6.81. The van der Waals surface area contributed by atoms with Crippen molar-refractivity contribution >= 4 is 33.2 Å². The molecule has 1 amide bonds. The number of halogens is 3. The summed E-state index contributed by atoms with van der Waals surface area (Å²) in [6, 6.07) is 16.8. The highest BCUT2D eigenvalue weighted by atomic mass is 35.5. The largest absolute Gasteiger partial charge is 0.322 e. The van der Waals surface area contributed by atoms with Crippen LogP contribution in [0.2, 0.25) is 5.02 Å². The summed E-state index contributed by atoms with van der Waals surface area (Å²) in [7, 11) is -4.08. The van der Waals surface area contributed by atoms with Crippen LogP contribution in [0.4, 0.5) is 14.5 Å². The summed E-state index contributed by atoms with van der Waals surface area (Å²) in [6.45, 7) is -0.694. The maximum Gasteiger partial charge on any atom is 0.243 e. The molecule has 0 bridgehead atoms. The fourth-order valence-electron chi connectivity index (χ4n) is 2.71. The number of sulfonamides is 1. The van der Waals surface area contributed by atoms with Gasteiger partial charge in [-0.05, 0) is 42.0 Å². The molecule has 0 saturated heterocycles. The lowest BCUT2D eigenvalue weighted by atomic mass is 10.2. The topological polar surface area (TPSA) is 66.5 Å². The Labute approximate surface area is 178 Å². The van der Waals surface area contributed by atoms with E-state index in [-0.39, 0.29) is 17.1 Å². The molecule has 3 aromatic carbocycles. The quantitative estimate of drug-likeness (QED) is 0.578. The van der Waals surface area contributed by atoms with E-state index < -0.39 is 34.1 Å². The molecule has 0 spiro atoms. The number of rotatable bonds is 7. The van der Waals surface area contributed by atoms with E-state index in [0.29, 0.717) is 10.6 Å². The Morgan fingerprint density at radius 3 is 2.30 bits per heavy atom. The van der Waals surface area contributed by atoms with Crippen molar-refractivity contribution < 1.29 is 22.0 Å². The van der Waals surface area contributed by atoms with E-state index in [1.165, 1.54) is 24.3 Å². The van der Waals surface area contributed by atoms with Gasteiger partial charge in [0.15, 0.2) is 0 Å². The Hall–Kier alpha value is -2.81. The van der Waals surface area contributed by atoms with Crippen LogP contribution in [-0.4, -0.2) is 25.2 Å². The van der Waals surface area contributed by atoms with Crippen molar-refractivity contribution in [2.45, 2.75) is 11.4 Å². The second-order valence-electron chi connectivity index (χ2n) is 6.38. The molecule has 5 nitrogen and oxygen atoms in total. The van der Waals surface area contributed by atoms with Crippen molar-refractivity contribution in [3.8, 4) is 0 Å². The molecule has 0 unspecified atom stereocenters. The maximum absolute atomic E-state index is 13.8. The van der Waals surface area contributed by atoms with Gasteiger partial charge in [0.05, 0.1) is 17.1 Å². The van der Waals surface area contributed by atoms with E-state index in [4.69, 9.17) is 11.6 Å². The minimum absolute atomic E-state index is 0.0485. The first kappa shape index (κ1) is 21.9. The molecule has 0 aliphatic heterocycles. The lowest BCUT2D eigenvalue weighted by molar-refractivity contribution is -0.116. The zero-order valence-corrected chi connectivity index (χ0v) is 17.1. The number of amides is 1. The smallest absolute Gasteiger partial charge is 0.243 e. The van der Waals surface area contributed by atoms with Gasteiger partial charge in [-0.25, -0.2) is 17.2 Å². The van der Waals surface area contributed by atoms with Crippen LogP contribution in [0.25, 0.3) is 0 Å². The molecule has 0 atom stereocenters. The molecule has 156 valence electrons. The number of anilines is 1. The highest BCUT2D eigenvalue weighted by molar-refractivity contribution is 7.89. The van der Waals surface area contributed by atoms with Gasteiger partial charge in [0.25, 0.3) is 0 Å². The van der Waals surface area contributed by atoms with Gasteiger partial charge in [-0.1, -0.05) is 41.9 Å². The number of hydrogen-bond donors (Lipinski definition) is 1. The molecule has 3 rings (SSSR count). The monoisotopic (exact) mass is 450 g/mol. The van der Waals surface area contributed by atoms with E-state index in [0.717, 1.165) is 22.5 Å². The van der Waals surface area contributed by atoms with E-state index in [1.54, 1.807) is 30.3 Å². The third kappa shape index (κ3) is 5.41. The molecular formula is C21H17ClF2N2O3S. The predicted octanol–water partition coefficient (Wildman–Crippen LogP) is 4.45. The summed E-state index contributed by atoms with van der Waals surface area (Å²) in [6.07, 6.45) is 0. The highest BCUT2D eigenvalue weighted by Crippen LogP contribution is 2.21. The first-order valence-corrected chi connectivity index (χ1v) is 10.6. The van der Waals surface area contributed by atoms with E-state index in [1.807, 2.05) is 0 Å². The molecule has 0 fully saturated rings. The Morgan fingerprint density at radius 2 is 1.63 bits per heavy atom. The van der Waals surface area contributed by atoms with Crippen molar-refractivity contribution in [1.82, 2.24) is 4.31 Å². The van der Waals surface area contributed by atoms with Crippen molar-refractivity contribution in [3.05, 3.63) is 95.0 Å². The average molecular weight is 451 g/mol. The SMILES string of the molecule is O=C(CN(Cc1ccccc1)S(=O)(=O)c1ccc(Cl)cc1)Nc1cc(F)ccc1F. The third-order valence-electron chi connectivity index (χ3n) is 4.18. The minimum Gasteiger partial charge on any atom is -0.322 e. The van der Waals surface area contributed by atoms with Crippen molar-refractivity contribution in [2.24, 2.45) is 0 Å². The van der Waals surface area contributed by atoms with Crippen LogP contribution >= 0.6 is 11.6 Å². The van der Waals surface area contributed by atoms with Crippen LogP contribution < -0.4 is 5.32 Å². The van der Waals surface area contributed by atoms with Crippen molar-refractivity contribution in [1.29, 1.82) is 0 Å². The first-order chi connectivity index (χ1) is 14.3. The van der Waals surface area contributed by atoms with Crippen LogP contribution in [0.3, 0.4) is 0 Å². The van der Waals surface area contributed by atoms with Crippen molar-refractivity contribution in [3.63, 3.8) is 0 Å². The predicted molar refractivity (Wildman–Crippen MR) is 110 cm³/mol. The molecule has 0 aliphatic carbocycles. The molecule has 0 aliphatic rings. The number of carbonyl (C=O) groups excluding carboxylic acids is 1. The molecule has 9 heteroatoms. The first-order valence-electron chi connectivity index (χ1n) is 8.80. The maximum atomic E-state index is 13.8. The lowest BCUT2D eigenvalue weighted by Gasteiger charge is -2.22. The molecular weight excluding hydrogens is 434 g/mol. The van der Waals surface area contributed by atoms with Gasteiger partial charge in [-0.3, -0.25) is 4.79 Å². The molecule has 0 aromatic heterocycles. The van der Waals surface area contributed by atoms with Gasteiger partial charge in [-0.15, -0.1) is 0 Å². The fraction of sp³-hybridized carbons (Fsp3) is 0.0952. The number of nitrogens with zero attached hydrogens (tertiary/aromatic N) is 1. The summed E-state index contributed by atoms with van der Waals surface area (Å²) < 4.78 is 54.4. The van der Waals surface area contributed by atoms with Crippen LogP contribution in [0.1, 0.15) is 5.56 Å². The van der Waals surface area contributed by atoms with E-state index in [9.17, 15) is 22.0 Å². The Bertz CT molecular complexity index is 1140. The van der Waals surface area contributed by atoms with Crippen LogP contribution in [-0.2, 0) is 21.4 Å². The van der Waals surface area contributed by atoms with Gasteiger partial charge in [0.1, 0.15) is 11.6 Å². The summed E-state index contributed by atoms with van der Waals surface area (Å²) in [4.78, 5) is 12.4. The van der Waals surface area contributed by atoms with Gasteiger partial charge < -0.3 is 5.32 Å². The van der Waals surface area contributed by atoms with Crippen LogP contribution in [0.5, 0.6) is 0 Å². The number of carbonyl (C=O) groups is 1. The summed E-state index contributed by atoms with van der Waals surface area (Å²) in [5, 5.41) is 2.58. The summed E-state index contributed by atoms with van der Waals surface area (Å²) >= 11 is 5.83. The van der Waals surface area contributed by atoms with E-state index >= 15 is 0 Å². The average Bonchev–Trinajstić information content (AvgIpc) is 2.71. The van der Waals surface area contributed by atoms with E-state index in [2.05, 4.69) is 5.32 Å². The number of hydrogen-bond acceptors (Lipinski definition) is 3. The highest BCUT2D eigenvalue weighted by Gasteiger charge is 2.27. The Morgan fingerprint density at radius 1 is 0.967 bits per heavy atom. The van der Waals surface area contributed by atoms with Gasteiger partial charge in [0.2, 0.25) is 15.9 Å². The van der Waals surface area contributed by atoms with Gasteiger partial charge in [-0.2, -0.15) is 4.31 Å². The zero-order chi connectivity index (χ0) is 21.7. The van der Waals surface area contributed by atoms with Crippen molar-refractivity contribution in [2.75, 3.05) is 11.9 Å². The summed E-state index contributed by atoms with van der Waals surface area (Å²) in [5.74, 6) is -2.38. The zero-order valence-electron chi connectivity index (χ0n) is 15.6. The molecule has 0 heterocycles. The third-order valence-corrected chi connectivity index (χ3v) is 6.23. The number of nitrogens with one attached hydrogen (secondary N) is 1. The molecule has 1 N–H and O–H groups in total. The molecule has 3 aromatic rings. The summed E-state index contributed by atoms with van der Waals surface area (Å²) in [5.41, 5.74) is 0.281. The number of benzene rings is 3.